The molecule has 1 aromatic heterocycles. The number of aromatic nitrogens is 1. The molecule has 0 unspecified atom stereocenters. The Hall–Kier alpha value is -2.10. The van der Waals surface area contributed by atoms with Crippen molar-refractivity contribution >= 4 is 5.97 Å². The van der Waals surface area contributed by atoms with Crippen molar-refractivity contribution in [2.24, 2.45) is 0 Å². The minimum atomic E-state index is -0.924. The Labute approximate surface area is 112 Å². The lowest BCUT2D eigenvalue weighted by molar-refractivity contribution is 0.0697. The summed E-state index contributed by atoms with van der Waals surface area (Å²) in [7, 11) is 0. The third-order valence-electron chi connectivity index (χ3n) is 3.01. The van der Waals surface area contributed by atoms with Crippen molar-refractivity contribution in [3.63, 3.8) is 0 Å². The van der Waals surface area contributed by atoms with Crippen LogP contribution in [0.15, 0.2) is 34.9 Å². The van der Waals surface area contributed by atoms with E-state index < -0.39 is 5.97 Å². The molecule has 0 fully saturated rings. The second-order valence-electron chi connectivity index (χ2n) is 4.52. The zero-order valence-corrected chi connectivity index (χ0v) is 10.9. The minimum absolute atomic E-state index is 0.274. The molecule has 0 bridgehead atoms. The summed E-state index contributed by atoms with van der Waals surface area (Å²) in [5.74, 6) is -0.0438. The third kappa shape index (κ3) is 3.44. The van der Waals surface area contributed by atoms with Gasteiger partial charge >= 0.3 is 5.97 Å². The second kappa shape index (κ2) is 6.18. The van der Waals surface area contributed by atoms with E-state index in [9.17, 15) is 4.79 Å². The Balaban J connectivity index is 2.07. The Kier molecular flexibility index (Phi) is 4.34. The molecule has 0 radical (unpaired) electrons. The number of aryl methyl sites for hydroxylation is 1. The zero-order valence-electron chi connectivity index (χ0n) is 10.9. The van der Waals surface area contributed by atoms with Crippen LogP contribution in [0.5, 0.6) is 0 Å². The number of carboxylic acid groups (broad SMARTS) is 1. The standard InChI is InChI=1S/C15H17NO3/c1-2-3-4-5-13-10-14(16-19-13)11-6-8-12(9-7-11)15(17)18/h6-10H,2-5H2,1H3,(H,17,18). The van der Waals surface area contributed by atoms with Crippen LogP contribution in [0.25, 0.3) is 11.3 Å². The molecule has 0 spiro atoms. The number of hydrogen-bond donors (Lipinski definition) is 1. The van der Waals surface area contributed by atoms with Gasteiger partial charge in [-0.2, -0.15) is 0 Å². The molecule has 0 aliphatic heterocycles. The Morgan fingerprint density at radius 1 is 1.26 bits per heavy atom. The molecule has 0 saturated heterocycles. The lowest BCUT2D eigenvalue weighted by Gasteiger charge is -1.96. The van der Waals surface area contributed by atoms with Crippen molar-refractivity contribution in [2.45, 2.75) is 32.6 Å². The molecule has 4 nitrogen and oxygen atoms in total. The highest BCUT2D eigenvalue weighted by Crippen LogP contribution is 2.20. The van der Waals surface area contributed by atoms with Gasteiger partial charge in [0.1, 0.15) is 11.5 Å². The molecule has 0 saturated carbocycles. The molecule has 1 N–H and O–H groups in total. The van der Waals surface area contributed by atoms with Crippen LogP contribution in [0.2, 0.25) is 0 Å². The number of carbonyl (C=O) groups is 1. The maximum absolute atomic E-state index is 10.8. The van der Waals surface area contributed by atoms with E-state index in [1.54, 1.807) is 24.3 Å². The van der Waals surface area contributed by atoms with Crippen molar-refractivity contribution in [3.8, 4) is 11.3 Å². The average molecular weight is 259 g/mol. The first-order valence-electron chi connectivity index (χ1n) is 6.50. The van der Waals surface area contributed by atoms with Crippen molar-refractivity contribution in [1.82, 2.24) is 5.16 Å². The van der Waals surface area contributed by atoms with Crippen molar-refractivity contribution in [1.29, 1.82) is 0 Å². The number of carboxylic acids is 1. The minimum Gasteiger partial charge on any atom is -0.478 e. The SMILES string of the molecule is CCCCCc1cc(-c2ccc(C(=O)O)cc2)no1. The van der Waals surface area contributed by atoms with Crippen LogP contribution >= 0.6 is 0 Å². The van der Waals surface area contributed by atoms with E-state index in [0.717, 1.165) is 29.9 Å². The summed E-state index contributed by atoms with van der Waals surface area (Å²) in [4.78, 5) is 10.8. The summed E-state index contributed by atoms with van der Waals surface area (Å²) < 4.78 is 5.28. The summed E-state index contributed by atoms with van der Waals surface area (Å²) in [5.41, 5.74) is 1.90. The van der Waals surface area contributed by atoms with Crippen LogP contribution in [0.1, 0.15) is 42.3 Å². The predicted molar refractivity (Wildman–Crippen MR) is 72.1 cm³/mol. The first kappa shape index (κ1) is 13.3. The molecule has 4 heteroatoms. The highest BCUT2D eigenvalue weighted by Gasteiger charge is 2.08. The predicted octanol–water partition coefficient (Wildman–Crippen LogP) is 3.77. The van der Waals surface area contributed by atoms with Gasteiger partial charge in [0.15, 0.2) is 0 Å². The van der Waals surface area contributed by atoms with Crippen LogP contribution in [-0.4, -0.2) is 16.2 Å². The summed E-state index contributed by atoms with van der Waals surface area (Å²) in [6.07, 6.45) is 4.36. The topological polar surface area (TPSA) is 63.3 Å². The summed E-state index contributed by atoms with van der Waals surface area (Å²) in [6, 6.07) is 8.56. The number of unbranched alkanes of at least 4 members (excludes halogenated alkanes) is 2. The first-order valence-corrected chi connectivity index (χ1v) is 6.50. The monoisotopic (exact) mass is 259 g/mol. The summed E-state index contributed by atoms with van der Waals surface area (Å²) in [5, 5.41) is 12.9. The van der Waals surface area contributed by atoms with Crippen LogP contribution in [0, 0.1) is 0 Å². The fraction of sp³-hybridized carbons (Fsp3) is 0.333. The van der Waals surface area contributed by atoms with E-state index in [-0.39, 0.29) is 5.56 Å². The van der Waals surface area contributed by atoms with Gasteiger partial charge in [-0.1, -0.05) is 37.1 Å². The molecule has 0 amide bonds. The van der Waals surface area contributed by atoms with Gasteiger partial charge in [-0.3, -0.25) is 0 Å². The van der Waals surface area contributed by atoms with Crippen molar-refractivity contribution in [2.75, 3.05) is 0 Å². The normalized spacial score (nSPS) is 10.6. The molecule has 100 valence electrons. The van der Waals surface area contributed by atoms with Gasteiger partial charge in [-0.15, -0.1) is 0 Å². The average Bonchev–Trinajstić information content (AvgIpc) is 2.88. The fourth-order valence-corrected chi connectivity index (χ4v) is 1.90. The Morgan fingerprint density at radius 3 is 2.63 bits per heavy atom. The van der Waals surface area contributed by atoms with E-state index in [0.29, 0.717) is 0 Å². The molecule has 1 aromatic carbocycles. The first-order chi connectivity index (χ1) is 9.20. The van der Waals surface area contributed by atoms with E-state index in [1.807, 2.05) is 6.07 Å². The van der Waals surface area contributed by atoms with Gasteiger partial charge < -0.3 is 9.63 Å². The molecular weight excluding hydrogens is 242 g/mol. The van der Waals surface area contributed by atoms with Gasteiger partial charge in [0.05, 0.1) is 5.56 Å². The van der Waals surface area contributed by atoms with Crippen LogP contribution in [-0.2, 0) is 6.42 Å². The van der Waals surface area contributed by atoms with E-state index in [4.69, 9.17) is 9.63 Å². The molecule has 0 aliphatic carbocycles. The molecule has 19 heavy (non-hydrogen) atoms. The smallest absolute Gasteiger partial charge is 0.335 e. The number of hydrogen-bond acceptors (Lipinski definition) is 3. The summed E-state index contributed by atoms with van der Waals surface area (Å²) in [6.45, 7) is 2.16. The van der Waals surface area contributed by atoms with Gasteiger partial charge in [0, 0.05) is 18.1 Å². The molecule has 2 aromatic rings. The highest BCUT2D eigenvalue weighted by molar-refractivity contribution is 5.88. The zero-order chi connectivity index (χ0) is 13.7. The van der Waals surface area contributed by atoms with Crippen LogP contribution in [0.4, 0.5) is 0 Å². The van der Waals surface area contributed by atoms with Crippen molar-refractivity contribution in [3.05, 3.63) is 41.7 Å². The number of aromatic carboxylic acids is 1. The molecular formula is C15H17NO3. The van der Waals surface area contributed by atoms with E-state index in [1.165, 1.54) is 12.8 Å². The van der Waals surface area contributed by atoms with Crippen molar-refractivity contribution < 1.29 is 14.4 Å². The van der Waals surface area contributed by atoms with E-state index in [2.05, 4.69) is 12.1 Å². The summed E-state index contributed by atoms with van der Waals surface area (Å²) >= 11 is 0. The Bertz CT molecular complexity index is 543. The van der Waals surface area contributed by atoms with Gasteiger partial charge in [0.2, 0.25) is 0 Å². The number of rotatable bonds is 6. The maximum Gasteiger partial charge on any atom is 0.335 e. The van der Waals surface area contributed by atoms with Gasteiger partial charge in [-0.25, -0.2) is 4.79 Å². The van der Waals surface area contributed by atoms with E-state index >= 15 is 0 Å². The fourth-order valence-electron chi connectivity index (χ4n) is 1.90. The number of nitrogens with zero attached hydrogens (tertiary/aromatic N) is 1. The lowest BCUT2D eigenvalue weighted by atomic mass is 10.1. The molecule has 2 rings (SSSR count). The van der Waals surface area contributed by atoms with Crippen LogP contribution < -0.4 is 0 Å². The van der Waals surface area contributed by atoms with Gasteiger partial charge in [-0.05, 0) is 18.6 Å². The second-order valence-corrected chi connectivity index (χ2v) is 4.52. The lowest BCUT2D eigenvalue weighted by Crippen LogP contribution is -1.94. The van der Waals surface area contributed by atoms with Gasteiger partial charge in [0.25, 0.3) is 0 Å². The molecule has 0 atom stereocenters. The molecule has 1 heterocycles. The third-order valence-corrected chi connectivity index (χ3v) is 3.01. The number of benzene rings is 1. The largest absolute Gasteiger partial charge is 0.478 e. The Morgan fingerprint density at radius 2 is 2.00 bits per heavy atom. The highest BCUT2D eigenvalue weighted by atomic mass is 16.5. The van der Waals surface area contributed by atoms with Crippen LogP contribution in [0.3, 0.4) is 0 Å². The molecule has 0 aliphatic rings. The quantitative estimate of drug-likeness (QED) is 0.802. The maximum atomic E-state index is 10.8.